The Kier molecular flexibility index (Phi) is 8.20. The van der Waals surface area contributed by atoms with E-state index in [0.717, 1.165) is 6.61 Å². The van der Waals surface area contributed by atoms with E-state index in [1.165, 1.54) is 38.5 Å². The Bertz CT molecular complexity index is 123. The van der Waals surface area contributed by atoms with Gasteiger partial charge in [0.1, 0.15) is 0 Å². The highest BCUT2D eigenvalue weighted by atomic mass is 16.5. The van der Waals surface area contributed by atoms with Gasteiger partial charge < -0.3 is 10.5 Å². The van der Waals surface area contributed by atoms with Crippen LogP contribution in [0.2, 0.25) is 0 Å². The van der Waals surface area contributed by atoms with Crippen LogP contribution in [0.4, 0.5) is 0 Å². The van der Waals surface area contributed by atoms with E-state index in [0.29, 0.717) is 6.54 Å². The van der Waals surface area contributed by atoms with Crippen molar-refractivity contribution in [1.82, 2.24) is 0 Å². The van der Waals surface area contributed by atoms with Crippen LogP contribution < -0.4 is 5.73 Å². The maximum atomic E-state index is 5.66. The van der Waals surface area contributed by atoms with Crippen molar-refractivity contribution < 1.29 is 4.74 Å². The van der Waals surface area contributed by atoms with Gasteiger partial charge >= 0.3 is 0 Å². The van der Waals surface area contributed by atoms with Crippen molar-refractivity contribution >= 4 is 0 Å². The van der Waals surface area contributed by atoms with Gasteiger partial charge in [-0.05, 0) is 20.3 Å². The minimum atomic E-state index is -0.135. The van der Waals surface area contributed by atoms with Gasteiger partial charge in [-0.25, -0.2) is 0 Å². The maximum Gasteiger partial charge on any atom is 0.0748 e. The minimum absolute atomic E-state index is 0.135. The zero-order chi connectivity index (χ0) is 10.9. The lowest BCUT2D eigenvalue weighted by Crippen LogP contribution is -2.34. The molecule has 0 atom stereocenters. The van der Waals surface area contributed by atoms with E-state index in [1.807, 2.05) is 13.8 Å². The van der Waals surface area contributed by atoms with Crippen molar-refractivity contribution in [1.29, 1.82) is 0 Å². The lowest BCUT2D eigenvalue weighted by Gasteiger charge is -2.23. The molecular formula is C12H27NO. The molecule has 0 saturated heterocycles. The molecule has 0 aromatic heterocycles. The van der Waals surface area contributed by atoms with Gasteiger partial charge in [-0.1, -0.05) is 39.0 Å². The molecule has 0 rings (SSSR count). The third-order valence-corrected chi connectivity index (χ3v) is 2.48. The molecule has 2 nitrogen and oxygen atoms in total. The quantitative estimate of drug-likeness (QED) is 0.582. The van der Waals surface area contributed by atoms with Crippen LogP contribution in [0, 0.1) is 0 Å². The van der Waals surface area contributed by atoms with Crippen LogP contribution in [0.5, 0.6) is 0 Å². The zero-order valence-corrected chi connectivity index (χ0v) is 10.1. The van der Waals surface area contributed by atoms with Crippen molar-refractivity contribution in [2.24, 2.45) is 5.73 Å². The smallest absolute Gasteiger partial charge is 0.0748 e. The minimum Gasteiger partial charge on any atom is -0.374 e. The van der Waals surface area contributed by atoms with Crippen LogP contribution in [-0.4, -0.2) is 18.8 Å². The van der Waals surface area contributed by atoms with Crippen LogP contribution in [-0.2, 0) is 4.74 Å². The van der Waals surface area contributed by atoms with Crippen LogP contribution in [0.15, 0.2) is 0 Å². The summed E-state index contributed by atoms with van der Waals surface area (Å²) in [5.41, 5.74) is 5.43. The summed E-state index contributed by atoms with van der Waals surface area (Å²) in [6.45, 7) is 7.79. The van der Waals surface area contributed by atoms with Gasteiger partial charge in [0.05, 0.1) is 5.60 Å². The molecule has 0 aliphatic rings. The first-order chi connectivity index (χ1) is 6.62. The molecular weight excluding hydrogens is 174 g/mol. The number of nitrogens with two attached hydrogens (primary N) is 1. The van der Waals surface area contributed by atoms with Gasteiger partial charge in [0.2, 0.25) is 0 Å². The van der Waals surface area contributed by atoms with Gasteiger partial charge in [-0.3, -0.25) is 0 Å². The summed E-state index contributed by atoms with van der Waals surface area (Å²) >= 11 is 0. The first-order valence-electron chi connectivity index (χ1n) is 5.96. The number of ether oxygens (including phenoxy) is 1. The van der Waals surface area contributed by atoms with Crippen molar-refractivity contribution in [3.8, 4) is 0 Å². The monoisotopic (exact) mass is 201 g/mol. The Labute approximate surface area is 89.2 Å². The summed E-state index contributed by atoms with van der Waals surface area (Å²) in [5.74, 6) is 0. The topological polar surface area (TPSA) is 35.2 Å². The molecule has 0 aliphatic carbocycles. The van der Waals surface area contributed by atoms with E-state index < -0.39 is 0 Å². The molecule has 0 amide bonds. The van der Waals surface area contributed by atoms with Gasteiger partial charge in [0.15, 0.2) is 0 Å². The van der Waals surface area contributed by atoms with Gasteiger partial charge in [-0.2, -0.15) is 0 Å². The highest BCUT2D eigenvalue weighted by molar-refractivity contribution is 4.68. The van der Waals surface area contributed by atoms with E-state index >= 15 is 0 Å². The fraction of sp³-hybridized carbons (Fsp3) is 1.00. The Hall–Kier alpha value is -0.0800. The van der Waals surface area contributed by atoms with E-state index in [1.54, 1.807) is 0 Å². The highest BCUT2D eigenvalue weighted by Gasteiger charge is 2.14. The molecule has 0 spiro atoms. The van der Waals surface area contributed by atoms with Crippen LogP contribution in [0.3, 0.4) is 0 Å². The molecule has 86 valence electrons. The second-order valence-electron chi connectivity index (χ2n) is 4.58. The Morgan fingerprint density at radius 3 is 2.14 bits per heavy atom. The summed E-state index contributed by atoms with van der Waals surface area (Å²) in [7, 11) is 0. The second kappa shape index (κ2) is 8.25. The van der Waals surface area contributed by atoms with E-state index in [-0.39, 0.29) is 5.60 Å². The Morgan fingerprint density at radius 2 is 1.57 bits per heavy atom. The molecule has 0 aromatic rings. The largest absolute Gasteiger partial charge is 0.374 e. The maximum absolute atomic E-state index is 5.66. The average molecular weight is 201 g/mol. The molecule has 0 bridgehead atoms. The zero-order valence-electron chi connectivity index (χ0n) is 10.1. The SMILES string of the molecule is CCCCCCCCOC(C)(C)CN. The first kappa shape index (κ1) is 13.9. The molecule has 0 aromatic carbocycles. The summed E-state index contributed by atoms with van der Waals surface area (Å²) in [6, 6.07) is 0. The van der Waals surface area contributed by atoms with Gasteiger partial charge in [0.25, 0.3) is 0 Å². The summed E-state index contributed by atoms with van der Waals surface area (Å²) in [4.78, 5) is 0. The highest BCUT2D eigenvalue weighted by Crippen LogP contribution is 2.09. The van der Waals surface area contributed by atoms with Crippen LogP contribution in [0.25, 0.3) is 0 Å². The molecule has 0 fully saturated rings. The van der Waals surface area contributed by atoms with E-state index in [9.17, 15) is 0 Å². The van der Waals surface area contributed by atoms with Crippen molar-refractivity contribution in [2.75, 3.05) is 13.2 Å². The molecule has 2 N–H and O–H groups in total. The summed E-state index contributed by atoms with van der Waals surface area (Å²) < 4.78 is 5.66. The third-order valence-electron chi connectivity index (χ3n) is 2.48. The molecule has 0 radical (unpaired) electrons. The molecule has 14 heavy (non-hydrogen) atoms. The number of unbranched alkanes of at least 4 members (excludes halogenated alkanes) is 5. The standard InChI is InChI=1S/C12H27NO/c1-4-5-6-7-8-9-10-14-12(2,3)11-13/h4-11,13H2,1-3H3. The molecule has 0 unspecified atom stereocenters. The lowest BCUT2D eigenvalue weighted by atomic mass is 10.1. The normalized spacial score (nSPS) is 12.0. The molecule has 0 aliphatic heterocycles. The van der Waals surface area contributed by atoms with Gasteiger partial charge in [0, 0.05) is 13.2 Å². The van der Waals surface area contributed by atoms with E-state index in [2.05, 4.69) is 6.92 Å². The fourth-order valence-corrected chi connectivity index (χ4v) is 1.29. The van der Waals surface area contributed by atoms with Gasteiger partial charge in [-0.15, -0.1) is 0 Å². The number of rotatable bonds is 9. The van der Waals surface area contributed by atoms with Crippen molar-refractivity contribution in [3.63, 3.8) is 0 Å². The fourth-order valence-electron chi connectivity index (χ4n) is 1.29. The van der Waals surface area contributed by atoms with Crippen molar-refractivity contribution in [3.05, 3.63) is 0 Å². The third kappa shape index (κ3) is 8.52. The summed E-state index contributed by atoms with van der Waals surface area (Å²) in [6.07, 6.45) is 7.87. The number of hydrogen-bond acceptors (Lipinski definition) is 2. The Balaban J connectivity index is 3.13. The number of hydrogen-bond donors (Lipinski definition) is 1. The molecule has 0 saturated carbocycles. The second-order valence-corrected chi connectivity index (χ2v) is 4.58. The lowest BCUT2D eigenvalue weighted by molar-refractivity contribution is -0.0121. The predicted molar refractivity (Wildman–Crippen MR) is 62.5 cm³/mol. The average Bonchev–Trinajstić information content (AvgIpc) is 2.16. The van der Waals surface area contributed by atoms with Crippen LogP contribution in [0.1, 0.15) is 59.3 Å². The van der Waals surface area contributed by atoms with Crippen molar-refractivity contribution in [2.45, 2.75) is 64.9 Å². The molecule has 0 heterocycles. The Morgan fingerprint density at radius 1 is 1.00 bits per heavy atom. The predicted octanol–water partition coefficient (Wildman–Crippen LogP) is 3.10. The first-order valence-corrected chi connectivity index (χ1v) is 5.96. The molecule has 2 heteroatoms. The van der Waals surface area contributed by atoms with E-state index in [4.69, 9.17) is 10.5 Å². The summed E-state index contributed by atoms with van der Waals surface area (Å²) in [5, 5.41) is 0. The van der Waals surface area contributed by atoms with Crippen LogP contribution >= 0.6 is 0 Å².